The Morgan fingerprint density at radius 3 is 2.71 bits per heavy atom. The summed E-state index contributed by atoms with van der Waals surface area (Å²) in [5.74, 6) is 0. The van der Waals surface area contributed by atoms with Crippen molar-refractivity contribution in [3.8, 4) is 0 Å². The standard InChI is InChI=1S/C13H16ClN3/c1-2-3-4-13-10-17(16-15-13)9-11-5-7-12(14)8-6-11/h5-8,10H,2-4,9H2,1H3. The maximum atomic E-state index is 5.84. The molecule has 0 spiro atoms. The third-order valence-corrected chi connectivity index (χ3v) is 2.88. The van der Waals surface area contributed by atoms with Crippen LogP contribution in [0.15, 0.2) is 30.5 Å². The van der Waals surface area contributed by atoms with Crippen LogP contribution in [-0.4, -0.2) is 15.0 Å². The second kappa shape index (κ2) is 5.82. The van der Waals surface area contributed by atoms with Crippen molar-refractivity contribution in [2.75, 3.05) is 0 Å². The lowest BCUT2D eigenvalue weighted by molar-refractivity contribution is 0.649. The minimum absolute atomic E-state index is 0.746. The van der Waals surface area contributed by atoms with Crippen LogP contribution in [0, 0.1) is 0 Å². The monoisotopic (exact) mass is 249 g/mol. The highest BCUT2D eigenvalue weighted by molar-refractivity contribution is 6.30. The van der Waals surface area contributed by atoms with Gasteiger partial charge in [-0.3, -0.25) is 0 Å². The van der Waals surface area contributed by atoms with Gasteiger partial charge in [-0.25, -0.2) is 4.68 Å². The third-order valence-electron chi connectivity index (χ3n) is 2.63. The molecule has 0 N–H and O–H groups in total. The molecule has 0 saturated heterocycles. The summed E-state index contributed by atoms with van der Waals surface area (Å²) in [6, 6.07) is 7.81. The number of aromatic nitrogens is 3. The minimum Gasteiger partial charge on any atom is -0.248 e. The quantitative estimate of drug-likeness (QED) is 0.814. The molecule has 2 aromatic rings. The average Bonchev–Trinajstić information content (AvgIpc) is 2.77. The summed E-state index contributed by atoms with van der Waals surface area (Å²) in [4.78, 5) is 0. The molecule has 17 heavy (non-hydrogen) atoms. The summed E-state index contributed by atoms with van der Waals surface area (Å²) in [5, 5.41) is 9.03. The zero-order chi connectivity index (χ0) is 12.1. The lowest BCUT2D eigenvalue weighted by atomic mass is 10.2. The van der Waals surface area contributed by atoms with Gasteiger partial charge in [0.05, 0.1) is 12.2 Å². The van der Waals surface area contributed by atoms with E-state index in [1.54, 1.807) is 0 Å². The van der Waals surface area contributed by atoms with Crippen LogP contribution in [0.3, 0.4) is 0 Å². The summed E-state index contributed by atoms with van der Waals surface area (Å²) < 4.78 is 1.87. The topological polar surface area (TPSA) is 30.7 Å². The van der Waals surface area contributed by atoms with E-state index >= 15 is 0 Å². The van der Waals surface area contributed by atoms with Gasteiger partial charge >= 0.3 is 0 Å². The summed E-state index contributed by atoms with van der Waals surface area (Å²) >= 11 is 5.84. The van der Waals surface area contributed by atoms with Gasteiger partial charge in [0.1, 0.15) is 0 Å². The first-order valence-electron chi connectivity index (χ1n) is 5.91. The molecular formula is C13H16ClN3. The van der Waals surface area contributed by atoms with Gasteiger partial charge in [0, 0.05) is 11.2 Å². The summed E-state index contributed by atoms with van der Waals surface area (Å²) in [6.45, 7) is 2.93. The molecule has 1 aromatic heterocycles. The fourth-order valence-corrected chi connectivity index (χ4v) is 1.79. The normalized spacial score (nSPS) is 10.7. The number of unbranched alkanes of at least 4 members (excludes halogenated alkanes) is 1. The minimum atomic E-state index is 0.746. The maximum Gasteiger partial charge on any atom is 0.0827 e. The predicted molar refractivity (Wildman–Crippen MR) is 69.2 cm³/mol. The lowest BCUT2D eigenvalue weighted by Gasteiger charge is -2.00. The first kappa shape index (κ1) is 12.1. The maximum absolute atomic E-state index is 5.84. The molecule has 90 valence electrons. The van der Waals surface area contributed by atoms with E-state index in [9.17, 15) is 0 Å². The third kappa shape index (κ3) is 3.56. The van der Waals surface area contributed by atoms with E-state index < -0.39 is 0 Å². The van der Waals surface area contributed by atoms with Gasteiger partial charge in [0.25, 0.3) is 0 Å². The first-order valence-corrected chi connectivity index (χ1v) is 6.29. The molecule has 4 heteroatoms. The summed E-state index contributed by atoms with van der Waals surface area (Å²) in [6.07, 6.45) is 5.38. The van der Waals surface area contributed by atoms with Crippen molar-refractivity contribution in [1.29, 1.82) is 0 Å². The van der Waals surface area contributed by atoms with Crippen LogP contribution in [0.5, 0.6) is 0 Å². The Morgan fingerprint density at radius 1 is 1.24 bits per heavy atom. The second-order valence-electron chi connectivity index (χ2n) is 4.14. The lowest BCUT2D eigenvalue weighted by Crippen LogP contribution is -1.99. The number of benzene rings is 1. The molecule has 0 amide bonds. The fourth-order valence-electron chi connectivity index (χ4n) is 1.67. The van der Waals surface area contributed by atoms with Crippen LogP contribution in [0.1, 0.15) is 31.0 Å². The molecule has 0 unspecified atom stereocenters. The molecular weight excluding hydrogens is 234 g/mol. The van der Waals surface area contributed by atoms with Gasteiger partial charge in [-0.15, -0.1) is 5.10 Å². The van der Waals surface area contributed by atoms with Crippen LogP contribution in [0.2, 0.25) is 5.02 Å². The van der Waals surface area contributed by atoms with Gasteiger partial charge in [-0.1, -0.05) is 42.3 Å². The van der Waals surface area contributed by atoms with Gasteiger partial charge in [-0.2, -0.15) is 0 Å². The van der Waals surface area contributed by atoms with Gasteiger partial charge in [0.2, 0.25) is 0 Å². The Bertz CT molecular complexity index is 462. The number of aryl methyl sites for hydroxylation is 1. The highest BCUT2D eigenvalue weighted by Gasteiger charge is 2.01. The average molecular weight is 250 g/mol. The van der Waals surface area contributed by atoms with E-state index in [1.807, 2.05) is 35.1 Å². The van der Waals surface area contributed by atoms with Crippen LogP contribution < -0.4 is 0 Å². The number of nitrogens with zero attached hydrogens (tertiary/aromatic N) is 3. The van der Waals surface area contributed by atoms with E-state index in [0.717, 1.165) is 23.7 Å². The van der Waals surface area contributed by atoms with Crippen LogP contribution >= 0.6 is 11.6 Å². The molecule has 0 aliphatic carbocycles. The number of hydrogen-bond donors (Lipinski definition) is 0. The van der Waals surface area contributed by atoms with Crippen molar-refractivity contribution in [2.45, 2.75) is 32.7 Å². The van der Waals surface area contributed by atoms with Crippen molar-refractivity contribution >= 4 is 11.6 Å². The fraction of sp³-hybridized carbons (Fsp3) is 0.385. The molecule has 1 aromatic carbocycles. The van der Waals surface area contributed by atoms with Gasteiger partial charge < -0.3 is 0 Å². The number of halogens is 1. The number of rotatable bonds is 5. The highest BCUT2D eigenvalue weighted by atomic mass is 35.5. The van der Waals surface area contributed by atoms with Crippen LogP contribution in [0.25, 0.3) is 0 Å². The smallest absolute Gasteiger partial charge is 0.0827 e. The molecule has 0 bridgehead atoms. The Kier molecular flexibility index (Phi) is 4.15. The second-order valence-corrected chi connectivity index (χ2v) is 4.57. The van der Waals surface area contributed by atoms with Crippen molar-refractivity contribution in [1.82, 2.24) is 15.0 Å². The Balaban J connectivity index is 1.98. The molecule has 0 fully saturated rings. The molecule has 0 atom stereocenters. The van der Waals surface area contributed by atoms with E-state index in [2.05, 4.69) is 17.2 Å². The van der Waals surface area contributed by atoms with Crippen LogP contribution in [0.4, 0.5) is 0 Å². The van der Waals surface area contributed by atoms with E-state index in [4.69, 9.17) is 11.6 Å². The van der Waals surface area contributed by atoms with Crippen molar-refractivity contribution in [2.24, 2.45) is 0 Å². The molecule has 0 aliphatic rings. The molecule has 0 aliphatic heterocycles. The Hall–Kier alpha value is -1.35. The Labute approximate surface area is 106 Å². The van der Waals surface area contributed by atoms with E-state index in [1.165, 1.54) is 18.4 Å². The molecule has 3 nitrogen and oxygen atoms in total. The van der Waals surface area contributed by atoms with Crippen molar-refractivity contribution in [3.63, 3.8) is 0 Å². The van der Waals surface area contributed by atoms with E-state index in [-0.39, 0.29) is 0 Å². The van der Waals surface area contributed by atoms with Crippen molar-refractivity contribution in [3.05, 3.63) is 46.7 Å². The molecule has 1 heterocycles. The van der Waals surface area contributed by atoms with Crippen molar-refractivity contribution < 1.29 is 0 Å². The summed E-state index contributed by atoms with van der Waals surface area (Å²) in [7, 11) is 0. The predicted octanol–water partition coefficient (Wildman–Crippen LogP) is 3.32. The molecule has 0 saturated carbocycles. The van der Waals surface area contributed by atoms with Gasteiger partial charge in [-0.05, 0) is 30.5 Å². The van der Waals surface area contributed by atoms with Crippen LogP contribution in [-0.2, 0) is 13.0 Å². The highest BCUT2D eigenvalue weighted by Crippen LogP contribution is 2.10. The SMILES string of the molecule is CCCCc1cn(Cc2ccc(Cl)cc2)nn1. The van der Waals surface area contributed by atoms with E-state index in [0.29, 0.717) is 0 Å². The summed E-state index contributed by atoms with van der Waals surface area (Å²) in [5.41, 5.74) is 2.25. The number of hydrogen-bond acceptors (Lipinski definition) is 2. The Morgan fingerprint density at radius 2 is 2.00 bits per heavy atom. The first-order chi connectivity index (χ1) is 8.28. The zero-order valence-corrected chi connectivity index (χ0v) is 10.7. The van der Waals surface area contributed by atoms with Gasteiger partial charge in [0.15, 0.2) is 0 Å². The largest absolute Gasteiger partial charge is 0.248 e. The molecule has 0 radical (unpaired) electrons. The molecule has 2 rings (SSSR count). The zero-order valence-electron chi connectivity index (χ0n) is 9.93.